The molecular formula is C19H16O5. The second-order valence-electron chi connectivity index (χ2n) is 5.35. The summed E-state index contributed by atoms with van der Waals surface area (Å²) in [5.41, 5.74) is 1.36. The number of rotatable bonds is 5. The number of hydrogen-bond donors (Lipinski definition) is 1. The number of ether oxygens (including phenoxy) is 1. The Morgan fingerprint density at radius 1 is 1.17 bits per heavy atom. The Morgan fingerprint density at radius 2 is 1.92 bits per heavy atom. The van der Waals surface area contributed by atoms with Gasteiger partial charge in [0.25, 0.3) is 0 Å². The monoisotopic (exact) mass is 324 g/mol. The minimum absolute atomic E-state index is 0.329. The van der Waals surface area contributed by atoms with Gasteiger partial charge in [-0.3, -0.25) is 0 Å². The van der Waals surface area contributed by atoms with Gasteiger partial charge in [-0.05, 0) is 24.1 Å². The smallest absolute Gasteiger partial charge is 0.349 e. The zero-order chi connectivity index (χ0) is 17.1. The molecule has 1 atom stereocenters. The number of benzene rings is 2. The van der Waals surface area contributed by atoms with Crippen LogP contribution in [0.2, 0.25) is 0 Å². The molecule has 0 saturated heterocycles. The normalized spacial score (nSPS) is 12.0. The van der Waals surface area contributed by atoms with Gasteiger partial charge in [0.05, 0.1) is 0 Å². The van der Waals surface area contributed by atoms with E-state index in [9.17, 15) is 14.7 Å². The van der Waals surface area contributed by atoms with E-state index in [1.165, 1.54) is 6.07 Å². The summed E-state index contributed by atoms with van der Waals surface area (Å²) in [5, 5.41) is 10.2. The molecule has 5 nitrogen and oxygen atoms in total. The van der Waals surface area contributed by atoms with Crippen molar-refractivity contribution in [1.29, 1.82) is 0 Å². The molecule has 0 aliphatic heterocycles. The lowest BCUT2D eigenvalue weighted by molar-refractivity contribution is -0.145. The minimum Gasteiger partial charge on any atom is -0.478 e. The Morgan fingerprint density at radius 3 is 2.58 bits per heavy atom. The quantitative estimate of drug-likeness (QED) is 0.726. The predicted molar refractivity (Wildman–Crippen MR) is 89.3 cm³/mol. The first kappa shape index (κ1) is 15.8. The second-order valence-corrected chi connectivity index (χ2v) is 5.35. The molecule has 0 bridgehead atoms. The summed E-state index contributed by atoms with van der Waals surface area (Å²) in [6, 6.07) is 15.2. The van der Waals surface area contributed by atoms with Crippen LogP contribution in [0.25, 0.3) is 11.0 Å². The molecule has 0 aliphatic rings. The number of carboxylic acid groups (broad SMARTS) is 1. The fraction of sp³-hybridized carbons (Fsp3) is 0.158. The maximum atomic E-state index is 11.6. The highest BCUT2D eigenvalue weighted by atomic mass is 16.5. The van der Waals surface area contributed by atoms with E-state index >= 15 is 0 Å². The van der Waals surface area contributed by atoms with Crippen LogP contribution >= 0.6 is 0 Å². The van der Waals surface area contributed by atoms with Crippen molar-refractivity contribution < 1.29 is 19.1 Å². The first-order valence-corrected chi connectivity index (χ1v) is 7.59. The predicted octanol–water partition coefficient (Wildman–Crippen LogP) is 3.56. The summed E-state index contributed by atoms with van der Waals surface area (Å²) in [7, 11) is 0. The molecule has 1 N–H and O–H groups in total. The highest BCUT2D eigenvalue weighted by Crippen LogP contribution is 2.27. The molecule has 0 radical (unpaired) electrons. The molecule has 1 heterocycles. The molecule has 122 valence electrons. The molecule has 0 fully saturated rings. The largest absolute Gasteiger partial charge is 0.478 e. The number of carbonyl (C=O) groups is 1. The third-order valence-electron chi connectivity index (χ3n) is 3.76. The van der Waals surface area contributed by atoms with Crippen molar-refractivity contribution in [2.45, 2.75) is 19.4 Å². The van der Waals surface area contributed by atoms with E-state index < -0.39 is 17.7 Å². The van der Waals surface area contributed by atoms with Crippen molar-refractivity contribution in [2.24, 2.45) is 0 Å². The lowest BCUT2D eigenvalue weighted by Crippen LogP contribution is -2.18. The maximum absolute atomic E-state index is 11.6. The number of fused-ring (bicyclic) bond motifs is 1. The molecule has 1 aromatic heterocycles. The average Bonchev–Trinajstić information content (AvgIpc) is 2.59. The summed E-state index contributed by atoms with van der Waals surface area (Å²) in [4.78, 5) is 23.1. The molecule has 0 amide bonds. The summed E-state index contributed by atoms with van der Waals surface area (Å²) in [5.74, 6) is -0.764. The maximum Gasteiger partial charge on any atom is 0.349 e. The van der Waals surface area contributed by atoms with Gasteiger partial charge in [0.1, 0.15) is 11.3 Å². The number of hydrogen-bond acceptors (Lipinski definition) is 4. The number of aliphatic carboxylic acids is 1. The fourth-order valence-electron chi connectivity index (χ4n) is 2.60. The molecule has 2 aromatic carbocycles. The van der Waals surface area contributed by atoms with E-state index in [0.717, 1.165) is 10.9 Å². The van der Waals surface area contributed by atoms with E-state index in [4.69, 9.17) is 9.15 Å². The van der Waals surface area contributed by atoms with Gasteiger partial charge < -0.3 is 14.3 Å². The van der Waals surface area contributed by atoms with Crippen molar-refractivity contribution in [3.63, 3.8) is 0 Å². The number of carboxylic acids is 1. The third-order valence-corrected chi connectivity index (χ3v) is 3.76. The van der Waals surface area contributed by atoms with Crippen molar-refractivity contribution in [3.05, 3.63) is 76.1 Å². The van der Waals surface area contributed by atoms with E-state index in [-0.39, 0.29) is 0 Å². The Bertz CT molecular complexity index is 927. The van der Waals surface area contributed by atoms with Crippen molar-refractivity contribution >= 4 is 16.9 Å². The van der Waals surface area contributed by atoms with Crippen LogP contribution in [0.5, 0.6) is 5.75 Å². The summed E-state index contributed by atoms with van der Waals surface area (Å²) >= 11 is 0. The van der Waals surface area contributed by atoms with Crippen molar-refractivity contribution in [2.75, 3.05) is 0 Å². The molecular weight excluding hydrogens is 308 g/mol. The van der Waals surface area contributed by atoms with Crippen molar-refractivity contribution in [1.82, 2.24) is 0 Å². The highest BCUT2D eigenvalue weighted by Gasteiger charge is 2.22. The lowest BCUT2D eigenvalue weighted by Gasteiger charge is -2.16. The third kappa shape index (κ3) is 3.15. The highest BCUT2D eigenvalue weighted by molar-refractivity contribution is 5.82. The van der Waals surface area contributed by atoms with Gasteiger partial charge in [0, 0.05) is 23.1 Å². The molecule has 0 spiro atoms. The van der Waals surface area contributed by atoms with Crippen LogP contribution < -0.4 is 10.4 Å². The van der Waals surface area contributed by atoms with Gasteiger partial charge >= 0.3 is 11.6 Å². The summed E-state index contributed by atoms with van der Waals surface area (Å²) in [6.07, 6.45) is -0.436. The second kappa shape index (κ2) is 6.58. The number of aryl methyl sites for hydroxylation is 1. The Balaban J connectivity index is 2.00. The van der Waals surface area contributed by atoms with Crippen LogP contribution in [-0.2, 0) is 11.2 Å². The first-order valence-electron chi connectivity index (χ1n) is 7.59. The van der Waals surface area contributed by atoms with Gasteiger partial charge in [-0.15, -0.1) is 0 Å². The molecule has 5 heteroatoms. The van der Waals surface area contributed by atoms with Gasteiger partial charge in [-0.1, -0.05) is 37.3 Å². The van der Waals surface area contributed by atoms with Crippen LogP contribution in [-0.4, -0.2) is 11.1 Å². The van der Waals surface area contributed by atoms with Crippen LogP contribution in [0.1, 0.15) is 24.2 Å². The lowest BCUT2D eigenvalue weighted by atomic mass is 10.1. The molecule has 3 aromatic rings. The van der Waals surface area contributed by atoms with Crippen molar-refractivity contribution in [3.8, 4) is 5.75 Å². The van der Waals surface area contributed by atoms with Crippen LogP contribution in [0.4, 0.5) is 0 Å². The zero-order valence-corrected chi connectivity index (χ0v) is 13.1. The fourth-order valence-corrected chi connectivity index (χ4v) is 2.60. The topological polar surface area (TPSA) is 76.7 Å². The molecule has 3 rings (SSSR count). The molecule has 0 saturated carbocycles. The Kier molecular flexibility index (Phi) is 4.33. The first-order chi connectivity index (χ1) is 11.6. The van der Waals surface area contributed by atoms with Gasteiger partial charge in [0.2, 0.25) is 6.10 Å². The van der Waals surface area contributed by atoms with Gasteiger partial charge in [-0.2, -0.15) is 0 Å². The molecule has 24 heavy (non-hydrogen) atoms. The molecule has 0 unspecified atom stereocenters. The minimum atomic E-state index is -1.13. The van der Waals surface area contributed by atoms with Crippen LogP contribution in [0.15, 0.2) is 63.8 Å². The SMILES string of the molecule is CCc1cc(=O)oc2cc(O[C@@H](C(=O)O)c3ccccc3)ccc12. The van der Waals surface area contributed by atoms with Crippen LogP contribution in [0.3, 0.4) is 0 Å². The molecule has 0 aliphatic carbocycles. The van der Waals surface area contributed by atoms with E-state index in [2.05, 4.69) is 0 Å². The van der Waals surface area contributed by atoms with Crippen LogP contribution in [0, 0.1) is 0 Å². The average molecular weight is 324 g/mol. The summed E-state index contributed by atoms with van der Waals surface area (Å²) < 4.78 is 10.8. The standard InChI is InChI=1S/C19H16O5/c1-2-12-10-17(20)24-16-11-14(8-9-15(12)16)23-18(19(21)22)13-6-4-3-5-7-13/h3-11,18H,2H2,1H3,(H,21,22)/t18-/m1/s1. The Labute approximate surface area is 138 Å². The van der Waals surface area contributed by atoms with E-state index in [1.54, 1.807) is 48.5 Å². The zero-order valence-electron chi connectivity index (χ0n) is 13.1. The van der Waals surface area contributed by atoms with Gasteiger partial charge in [0.15, 0.2) is 0 Å². The van der Waals surface area contributed by atoms with E-state index in [0.29, 0.717) is 23.3 Å². The summed E-state index contributed by atoms with van der Waals surface area (Å²) in [6.45, 7) is 1.95. The van der Waals surface area contributed by atoms with Gasteiger partial charge in [-0.25, -0.2) is 9.59 Å². The Hall–Kier alpha value is -3.08. The van der Waals surface area contributed by atoms with E-state index in [1.807, 2.05) is 6.92 Å².